The molecule has 1 aliphatic carbocycles. The van der Waals surface area contributed by atoms with Crippen LogP contribution >= 0.6 is 0 Å². The largest absolute Gasteiger partial charge is 0.490 e. The Morgan fingerprint density at radius 1 is 1.08 bits per heavy atom. The number of benzene rings is 2. The van der Waals surface area contributed by atoms with E-state index in [0.29, 0.717) is 30.2 Å². The lowest BCUT2D eigenvalue weighted by molar-refractivity contribution is -0.116. The van der Waals surface area contributed by atoms with Crippen LogP contribution in [-0.4, -0.2) is 17.9 Å². The topological polar surface area (TPSA) is 81.4 Å². The average molecular weight is 352 g/mol. The number of nitrogens with two attached hydrogens (primary N) is 1. The molecule has 1 saturated carbocycles. The quantitative estimate of drug-likeness (QED) is 0.797. The minimum absolute atomic E-state index is 0.0704. The highest BCUT2D eigenvalue weighted by molar-refractivity contribution is 5.94. The van der Waals surface area contributed by atoms with Crippen LogP contribution in [-0.2, 0) is 11.2 Å². The highest BCUT2D eigenvalue weighted by Crippen LogP contribution is 2.25. The third-order valence-corrected chi connectivity index (χ3v) is 4.60. The zero-order valence-electron chi connectivity index (χ0n) is 14.7. The number of rotatable bonds is 7. The summed E-state index contributed by atoms with van der Waals surface area (Å²) in [6.45, 7) is 0. The predicted molar refractivity (Wildman–Crippen MR) is 101 cm³/mol. The van der Waals surface area contributed by atoms with E-state index in [-0.39, 0.29) is 5.91 Å². The van der Waals surface area contributed by atoms with Gasteiger partial charge in [0.25, 0.3) is 0 Å². The summed E-state index contributed by atoms with van der Waals surface area (Å²) in [5.74, 6) is 0.332. The minimum Gasteiger partial charge on any atom is -0.490 e. The summed E-state index contributed by atoms with van der Waals surface area (Å²) in [4.78, 5) is 23.2. The second-order valence-electron chi connectivity index (χ2n) is 6.66. The Bertz CT molecular complexity index is 765. The summed E-state index contributed by atoms with van der Waals surface area (Å²) in [5, 5.41) is 2.83. The molecule has 0 radical (unpaired) electrons. The van der Waals surface area contributed by atoms with Gasteiger partial charge in [-0.15, -0.1) is 0 Å². The van der Waals surface area contributed by atoms with Crippen LogP contribution in [0.4, 0.5) is 5.69 Å². The van der Waals surface area contributed by atoms with Gasteiger partial charge in [-0.3, -0.25) is 9.59 Å². The van der Waals surface area contributed by atoms with Crippen LogP contribution in [0.3, 0.4) is 0 Å². The molecule has 3 N–H and O–H groups in total. The molecule has 0 bridgehead atoms. The number of ether oxygens (including phenoxy) is 1. The molecule has 0 heterocycles. The Morgan fingerprint density at radius 2 is 1.81 bits per heavy atom. The maximum Gasteiger partial charge on any atom is 0.248 e. The average Bonchev–Trinajstić information content (AvgIpc) is 3.14. The minimum atomic E-state index is -0.484. The maximum absolute atomic E-state index is 12.1. The number of carbonyl (C=O) groups is 2. The van der Waals surface area contributed by atoms with Crippen LogP contribution < -0.4 is 15.8 Å². The van der Waals surface area contributed by atoms with Crippen molar-refractivity contribution in [3.63, 3.8) is 0 Å². The van der Waals surface area contributed by atoms with Gasteiger partial charge < -0.3 is 15.8 Å². The highest BCUT2D eigenvalue weighted by Gasteiger charge is 2.16. The van der Waals surface area contributed by atoms with Crippen molar-refractivity contribution in [1.29, 1.82) is 0 Å². The van der Waals surface area contributed by atoms with Gasteiger partial charge in [-0.25, -0.2) is 0 Å². The zero-order valence-corrected chi connectivity index (χ0v) is 14.7. The van der Waals surface area contributed by atoms with Crippen LogP contribution in [0.25, 0.3) is 0 Å². The van der Waals surface area contributed by atoms with E-state index in [2.05, 4.69) is 5.32 Å². The molecular formula is C21H24N2O3. The molecule has 0 atom stereocenters. The number of amides is 2. The van der Waals surface area contributed by atoms with Gasteiger partial charge in [0.05, 0.1) is 6.10 Å². The van der Waals surface area contributed by atoms with Crippen LogP contribution in [0.2, 0.25) is 0 Å². The van der Waals surface area contributed by atoms with Crippen molar-refractivity contribution >= 4 is 17.5 Å². The molecule has 2 aromatic rings. The smallest absolute Gasteiger partial charge is 0.248 e. The van der Waals surface area contributed by atoms with Crippen molar-refractivity contribution in [3.05, 3.63) is 59.7 Å². The van der Waals surface area contributed by atoms with E-state index in [0.717, 1.165) is 24.2 Å². The maximum atomic E-state index is 12.1. The van der Waals surface area contributed by atoms with Crippen LogP contribution in [0, 0.1) is 0 Å². The number of hydrogen-bond donors (Lipinski definition) is 2. The molecule has 0 aromatic heterocycles. The molecule has 5 nitrogen and oxygen atoms in total. The van der Waals surface area contributed by atoms with Gasteiger partial charge in [-0.2, -0.15) is 0 Å². The summed E-state index contributed by atoms with van der Waals surface area (Å²) >= 11 is 0. The molecule has 3 rings (SSSR count). The summed E-state index contributed by atoms with van der Waals surface area (Å²) in [6.07, 6.45) is 6.09. The molecule has 0 saturated heterocycles. The lowest BCUT2D eigenvalue weighted by Gasteiger charge is -2.13. The van der Waals surface area contributed by atoms with E-state index >= 15 is 0 Å². The summed E-state index contributed by atoms with van der Waals surface area (Å²) in [6, 6.07) is 14.5. The van der Waals surface area contributed by atoms with Crippen LogP contribution in [0.5, 0.6) is 5.75 Å². The molecule has 1 aliphatic rings. The molecule has 2 amide bonds. The Hall–Kier alpha value is -2.82. The first-order valence-corrected chi connectivity index (χ1v) is 9.05. The van der Waals surface area contributed by atoms with Gasteiger partial charge in [0, 0.05) is 17.7 Å². The molecule has 5 heteroatoms. The predicted octanol–water partition coefficient (Wildman–Crippen LogP) is 3.68. The lowest BCUT2D eigenvalue weighted by atomic mass is 10.1. The summed E-state index contributed by atoms with van der Waals surface area (Å²) in [7, 11) is 0. The lowest BCUT2D eigenvalue weighted by Crippen LogP contribution is -2.14. The van der Waals surface area contributed by atoms with Gasteiger partial charge in [0.2, 0.25) is 11.8 Å². The number of nitrogens with one attached hydrogen (secondary N) is 1. The van der Waals surface area contributed by atoms with E-state index < -0.39 is 5.91 Å². The fourth-order valence-electron chi connectivity index (χ4n) is 3.17. The molecule has 136 valence electrons. The monoisotopic (exact) mass is 352 g/mol. The number of hydrogen-bond acceptors (Lipinski definition) is 3. The molecule has 26 heavy (non-hydrogen) atoms. The third kappa shape index (κ3) is 5.09. The second kappa shape index (κ2) is 8.52. The van der Waals surface area contributed by atoms with Crippen molar-refractivity contribution in [2.75, 3.05) is 5.32 Å². The normalized spacial score (nSPS) is 14.2. The van der Waals surface area contributed by atoms with E-state index in [1.807, 2.05) is 24.3 Å². The molecule has 2 aromatic carbocycles. The molecule has 1 fully saturated rings. The summed E-state index contributed by atoms with van der Waals surface area (Å²) in [5.41, 5.74) is 7.36. The Balaban J connectivity index is 1.50. The van der Waals surface area contributed by atoms with E-state index in [1.165, 1.54) is 12.8 Å². The van der Waals surface area contributed by atoms with Crippen molar-refractivity contribution in [1.82, 2.24) is 0 Å². The van der Waals surface area contributed by atoms with Gasteiger partial charge in [0.15, 0.2) is 0 Å². The van der Waals surface area contributed by atoms with Crippen molar-refractivity contribution in [3.8, 4) is 5.75 Å². The van der Waals surface area contributed by atoms with Crippen molar-refractivity contribution < 1.29 is 14.3 Å². The molecule has 0 unspecified atom stereocenters. The Kier molecular flexibility index (Phi) is 5.89. The molecular weight excluding hydrogens is 328 g/mol. The fourth-order valence-corrected chi connectivity index (χ4v) is 3.17. The van der Waals surface area contributed by atoms with Crippen molar-refractivity contribution in [2.45, 2.75) is 44.6 Å². The third-order valence-electron chi connectivity index (χ3n) is 4.60. The van der Waals surface area contributed by atoms with E-state index in [9.17, 15) is 9.59 Å². The standard InChI is InChI=1S/C21H24N2O3/c22-21(25)16-9-11-17(12-10-16)23-20(24)13-8-15-4-3-7-19(14-15)26-18-5-1-2-6-18/h3-4,7,9-12,14,18H,1-2,5-6,8,13H2,(H2,22,25)(H,23,24). The number of anilines is 1. The zero-order chi connectivity index (χ0) is 18.4. The molecule has 0 spiro atoms. The van der Waals surface area contributed by atoms with Crippen LogP contribution in [0.15, 0.2) is 48.5 Å². The SMILES string of the molecule is NC(=O)c1ccc(NC(=O)CCc2cccc(OC3CCCC3)c2)cc1. The summed E-state index contributed by atoms with van der Waals surface area (Å²) < 4.78 is 6.01. The number of carbonyl (C=O) groups excluding carboxylic acids is 2. The number of aryl methyl sites for hydroxylation is 1. The highest BCUT2D eigenvalue weighted by atomic mass is 16.5. The Morgan fingerprint density at radius 3 is 2.50 bits per heavy atom. The fraction of sp³-hybridized carbons (Fsp3) is 0.333. The second-order valence-corrected chi connectivity index (χ2v) is 6.66. The molecule has 0 aliphatic heterocycles. The van der Waals surface area contributed by atoms with Gasteiger partial charge in [0.1, 0.15) is 5.75 Å². The van der Waals surface area contributed by atoms with E-state index in [1.54, 1.807) is 24.3 Å². The van der Waals surface area contributed by atoms with Crippen molar-refractivity contribution in [2.24, 2.45) is 5.73 Å². The first kappa shape index (κ1) is 18.0. The Labute approximate surface area is 153 Å². The van der Waals surface area contributed by atoms with Gasteiger partial charge in [-0.05, 0) is 74.1 Å². The van der Waals surface area contributed by atoms with E-state index in [4.69, 9.17) is 10.5 Å². The number of primary amides is 1. The van der Waals surface area contributed by atoms with Gasteiger partial charge >= 0.3 is 0 Å². The van der Waals surface area contributed by atoms with Gasteiger partial charge in [-0.1, -0.05) is 12.1 Å². The first-order chi connectivity index (χ1) is 12.6. The van der Waals surface area contributed by atoms with Crippen LogP contribution in [0.1, 0.15) is 48.0 Å². The first-order valence-electron chi connectivity index (χ1n) is 9.05.